The van der Waals surface area contributed by atoms with Crippen LogP contribution in [0, 0.1) is 0 Å². The Morgan fingerprint density at radius 3 is 2.50 bits per heavy atom. The number of urea groups is 1. The lowest BCUT2D eigenvalue weighted by molar-refractivity contribution is -0.144. The molecule has 5 nitrogen and oxygen atoms in total. The second kappa shape index (κ2) is 6.26. The van der Waals surface area contributed by atoms with Crippen molar-refractivity contribution in [3.8, 4) is 0 Å². The summed E-state index contributed by atoms with van der Waals surface area (Å²) in [4.78, 5) is 25.6. The standard InChI is InChI=1S/C14H20N2O3S/c1-2-10-5-6-11(20-10)9-15-13(19)16-14(12(17)18)7-3-4-8-14/h5-6H,2-4,7-9H2,1H3,(H,17,18)(H2,15,16,19). The fourth-order valence-electron chi connectivity index (χ4n) is 2.51. The lowest BCUT2D eigenvalue weighted by Crippen LogP contribution is -2.55. The van der Waals surface area contributed by atoms with Crippen molar-refractivity contribution in [1.29, 1.82) is 0 Å². The summed E-state index contributed by atoms with van der Waals surface area (Å²) < 4.78 is 0. The molecule has 1 aromatic heterocycles. The van der Waals surface area contributed by atoms with Gasteiger partial charge >= 0.3 is 12.0 Å². The first kappa shape index (κ1) is 14.8. The number of thiophene rings is 1. The molecule has 0 aliphatic heterocycles. The molecule has 0 spiro atoms. The maximum Gasteiger partial charge on any atom is 0.329 e. The Labute approximate surface area is 122 Å². The van der Waals surface area contributed by atoms with E-state index in [1.165, 1.54) is 4.88 Å². The van der Waals surface area contributed by atoms with E-state index >= 15 is 0 Å². The van der Waals surface area contributed by atoms with Gasteiger partial charge < -0.3 is 15.7 Å². The van der Waals surface area contributed by atoms with Gasteiger partial charge in [-0.3, -0.25) is 0 Å². The van der Waals surface area contributed by atoms with E-state index in [1.54, 1.807) is 11.3 Å². The third-order valence-electron chi connectivity index (χ3n) is 3.71. The molecule has 2 amide bonds. The molecule has 2 rings (SSSR count). The molecule has 0 bridgehead atoms. The summed E-state index contributed by atoms with van der Waals surface area (Å²) in [6.45, 7) is 2.53. The predicted octanol–water partition coefficient (Wildman–Crippen LogP) is 2.51. The van der Waals surface area contributed by atoms with Crippen molar-refractivity contribution in [2.24, 2.45) is 0 Å². The number of amides is 2. The number of carbonyl (C=O) groups excluding carboxylic acids is 1. The van der Waals surface area contributed by atoms with E-state index in [-0.39, 0.29) is 0 Å². The summed E-state index contributed by atoms with van der Waals surface area (Å²) in [6, 6.07) is 3.64. The van der Waals surface area contributed by atoms with Crippen LogP contribution in [0.5, 0.6) is 0 Å². The normalized spacial score (nSPS) is 16.9. The first-order valence-electron chi connectivity index (χ1n) is 6.93. The summed E-state index contributed by atoms with van der Waals surface area (Å²) >= 11 is 1.66. The monoisotopic (exact) mass is 296 g/mol. The molecular formula is C14H20N2O3S. The second-order valence-corrected chi connectivity index (χ2v) is 6.38. The smallest absolute Gasteiger partial charge is 0.329 e. The molecule has 0 atom stereocenters. The van der Waals surface area contributed by atoms with Crippen LogP contribution in [0.2, 0.25) is 0 Å². The molecule has 1 aliphatic carbocycles. The minimum Gasteiger partial charge on any atom is -0.480 e. The van der Waals surface area contributed by atoms with Crippen LogP contribution >= 0.6 is 11.3 Å². The van der Waals surface area contributed by atoms with Crippen molar-refractivity contribution < 1.29 is 14.7 Å². The molecule has 0 aromatic carbocycles. The van der Waals surface area contributed by atoms with Gasteiger partial charge in [-0.25, -0.2) is 9.59 Å². The molecule has 6 heteroatoms. The summed E-state index contributed by atoms with van der Waals surface area (Å²) in [5.74, 6) is -0.936. The van der Waals surface area contributed by atoms with E-state index in [1.807, 2.05) is 6.07 Å². The molecule has 0 unspecified atom stereocenters. The number of hydrogen-bond acceptors (Lipinski definition) is 3. The summed E-state index contributed by atoms with van der Waals surface area (Å²) in [5, 5.41) is 14.7. The highest BCUT2D eigenvalue weighted by atomic mass is 32.1. The van der Waals surface area contributed by atoms with Crippen LogP contribution in [-0.4, -0.2) is 22.6 Å². The van der Waals surface area contributed by atoms with E-state index < -0.39 is 17.5 Å². The van der Waals surface area contributed by atoms with E-state index in [0.29, 0.717) is 19.4 Å². The zero-order valence-electron chi connectivity index (χ0n) is 11.6. The summed E-state index contributed by atoms with van der Waals surface area (Å²) in [6.07, 6.45) is 3.69. The van der Waals surface area contributed by atoms with Gasteiger partial charge in [0.25, 0.3) is 0 Å². The third-order valence-corrected chi connectivity index (χ3v) is 4.94. The van der Waals surface area contributed by atoms with Crippen LogP contribution in [-0.2, 0) is 17.8 Å². The van der Waals surface area contributed by atoms with Gasteiger partial charge in [0.1, 0.15) is 5.54 Å². The lowest BCUT2D eigenvalue weighted by Gasteiger charge is -2.25. The van der Waals surface area contributed by atoms with Crippen LogP contribution in [0.15, 0.2) is 12.1 Å². The number of hydrogen-bond donors (Lipinski definition) is 3. The molecule has 20 heavy (non-hydrogen) atoms. The average molecular weight is 296 g/mol. The minimum atomic E-state index is -1.08. The van der Waals surface area contributed by atoms with Crippen molar-refractivity contribution in [3.05, 3.63) is 21.9 Å². The lowest BCUT2D eigenvalue weighted by atomic mass is 9.98. The van der Waals surface area contributed by atoms with Crippen LogP contribution in [0.1, 0.15) is 42.4 Å². The number of carboxylic acid groups (broad SMARTS) is 1. The average Bonchev–Trinajstić information content (AvgIpc) is 3.05. The largest absolute Gasteiger partial charge is 0.480 e. The maximum atomic E-state index is 11.9. The number of aryl methyl sites for hydroxylation is 1. The first-order chi connectivity index (χ1) is 9.55. The van der Waals surface area contributed by atoms with Gasteiger partial charge in [-0.05, 0) is 31.4 Å². The summed E-state index contributed by atoms with van der Waals surface area (Å²) in [5.41, 5.74) is -1.08. The van der Waals surface area contributed by atoms with Crippen molar-refractivity contribution in [2.45, 2.75) is 51.1 Å². The molecule has 110 valence electrons. The van der Waals surface area contributed by atoms with Gasteiger partial charge in [-0.1, -0.05) is 19.8 Å². The SMILES string of the molecule is CCc1ccc(CNC(=O)NC2(C(=O)O)CCCC2)s1. The van der Waals surface area contributed by atoms with Gasteiger partial charge in [0.05, 0.1) is 6.54 Å². The Bertz CT molecular complexity index is 492. The number of nitrogens with one attached hydrogen (secondary N) is 2. The van der Waals surface area contributed by atoms with Crippen LogP contribution in [0.25, 0.3) is 0 Å². The molecule has 0 saturated heterocycles. The van der Waals surface area contributed by atoms with Crippen molar-refractivity contribution in [2.75, 3.05) is 0 Å². The van der Waals surface area contributed by atoms with Gasteiger partial charge in [0.2, 0.25) is 0 Å². The number of carbonyl (C=O) groups is 2. The highest BCUT2D eigenvalue weighted by Gasteiger charge is 2.42. The predicted molar refractivity (Wildman–Crippen MR) is 77.9 cm³/mol. The van der Waals surface area contributed by atoms with E-state index in [4.69, 9.17) is 0 Å². The van der Waals surface area contributed by atoms with Gasteiger partial charge in [0, 0.05) is 9.75 Å². The van der Waals surface area contributed by atoms with Crippen molar-refractivity contribution in [3.63, 3.8) is 0 Å². The number of carboxylic acids is 1. The van der Waals surface area contributed by atoms with Crippen LogP contribution in [0.3, 0.4) is 0 Å². The maximum absolute atomic E-state index is 11.9. The second-order valence-electron chi connectivity index (χ2n) is 5.12. The molecule has 1 heterocycles. The zero-order chi connectivity index (χ0) is 14.6. The Morgan fingerprint density at radius 1 is 1.30 bits per heavy atom. The molecule has 1 aliphatic rings. The molecule has 1 fully saturated rings. The van der Waals surface area contributed by atoms with Crippen molar-refractivity contribution in [1.82, 2.24) is 10.6 Å². The molecular weight excluding hydrogens is 276 g/mol. The first-order valence-corrected chi connectivity index (χ1v) is 7.74. The number of aliphatic carboxylic acids is 1. The third kappa shape index (κ3) is 3.30. The Balaban J connectivity index is 1.87. The molecule has 1 aromatic rings. The Hall–Kier alpha value is -1.56. The van der Waals surface area contributed by atoms with Gasteiger partial charge in [-0.15, -0.1) is 11.3 Å². The topological polar surface area (TPSA) is 78.4 Å². The zero-order valence-corrected chi connectivity index (χ0v) is 12.4. The van der Waals surface area contributed by atoms with Crippen LogP contribution in [0.4, 0.5) is 4.79 Å². The van der Waals surface area contributed by atoms with E-state index in [9.17, 15) is 14.7 Å². The van der Waals surface area contributed by atoms with Crippen LogP contribution < -0.4 is 10.6 Å². The Kier molecular flexibility index (Phi) is 4.65. The van der Waals surface area contributed by atoms with E-state index in [2.05, 4.69) is 23.6 Å². The Morgan fingerprint density at radius 2 is 1.95 bits per heavy atom. The van der Waals surface area contributed by atoms with Gasteiger partial charge in [0.15, 0.2) is 0 Å². The van der Waals surface area contributed by atoms with E-state index in [0.717, 1.165) is 24.1 Å². The molecule has 0 radical (unpaired) electrons. The van der Waals surface area contributed by atoms with Gasteiger partial charge in [-0.2, -0.15) is 0 Å². The number of rotatable bonds is 5. The highest BCUT2D eigenvalue weighted by molar-refractivity contribution is 7.11. The molecule has 3 N–H and O–H groups in total. The molecule has 1 saturated carbocycles. The quantitative estimate of drug-likeness (QED) is 0.781. The van der Waals surface area contributed by atoms with Crippen molar-refractivity contribution >= 4 is 23.3 Å². The minimum absolute atomic E-state index is 0.402. The fourth-order valence-corrected chi connectivity index (χ4v) is 3.40. The highest BCUT2D eigenvalue weighted by Crippen LogP contribution is 2.29. The fraction of sp³-hybridized carbons (Fsp3) is 0.571. The summed E-state index contributed by atoms with van der Waals surface area (Å²) in [7, 11) is 0.